The third kappa shape index (κ3) is 4.68. The Hall–Kier alpha value is -1.11. The first kappa shape index (κ1) is 18.2. The summed E-state index contributed by atoms with van der Waals surface area (Å²) < 4.78 is 27.5. The molecule has 0 fully saturated rings. The number of hydrogen-bond acceptors (Lipinski definition) is 3. The van der Waals surface area contributed by atoms with Gasteiger partial charge in [-0.2, -0.15) is 0 Å². The maximum atomic E-state index is 12.4. The lowest BCUT2D eigenvalue weighted by Gasteiger charge is -2.25. The van der Waals surface area contributed by atoms with Gasteiger partial charge < -0.3 is 4.90 Å². The third-order valence-corrected chi connectivity index (χ3v) is 5.64. The zero-order valence-corrected chi connectivity index (χ0v) is 15.2. The van der Waals surface area contributed by atoms with Crippen LogP contribution in [0.4, 0.5) is 0 Å². The first-order valence-electron chi connectivity index (χ1n) is 6.97. The monoisotopic (exact) mass is 372 g/mol. The number of nitrogens with zero attached hydrogens (tertiary/aromatic N) is 1. The van der Waals surface area contributed by atoms with Crippen molar-refractivity contribution in [2.75, 3.05) is 20.6 Å². The van der Waals surface area contributed by atoms with Gasteiger partial charge in [0, 0.05) is 12.6 Å². The van der Waals surface area contributed by atoms with E-state index in [1.807, 2.05) is 49.3 Å². The number of halogens is 2. The fourth-order valence-electron chi connectivity index (χ4n) is 2.19. The molecule has 0 aliphatic heterocycles. The molecule has 1 atom stereocenters. The van der Waals surface area contributed by atoms with Crippen molar-refractivity contribution >= 4 is 33.2 Å². The van der Waals surface area contributed by atoms with Crippen LogP contribution in [0.25, 0.3) is 0 Å². The van der Waals surface area contributed by atoms with Crippen LogP contribution >= 0.6 is 23.2 Å². The van der Waals surface area contributed by atoms with Crippen LogP contribution in [0.15, 0.2) is 53.4 Å². The Bertz CT molecular complexity index is 765. The maximum absolute atomic E-state index is 12.4. The summed E-state index contributed by atoms with van der Waals surface area (Å²) in [5.74, 6) is 0. The molecule has 0 aromatic heterocycles. The molecular weight excluding hydrogens is 355 g/mol. The van der Waals surface area contributed by atoms with E-state index in [2.05, 4.69) is 4.72 Å². The Labute approximate surface area is 147 Å². The molecule has 0 aliphatic rings. The van der Waals surface area contributed by atoms with Crippen LogP contribution in [0.3, 0.4) is 0 Å². The molecule has 0 saturated carbocycles. The van der Waals surface area contributed by atoms with E-state index >= 15 is 0 Å². The van der Waals surface area contributed by atoms with Crippen LogP contribution in [-0.4, -0.2) is 34.0 Å². The molecule has 0 spiro atoms. The van der Waals surface area contributed by atoms with Crippen LogP contribution in [0.2, 0.25) is 10.0 Å². The summed E-state index contributed by atoms with van der Waals surface area (Å²) in [5, 5.41) is 0.530. The number of sulfonamides is 1. The minimum atomic E-state index is -3.66. The zero-order chi connectivity index (χ0) is 17.0. The second-order valence-corrected chi connectivity index (χ2v) is 7.90. The van der Waals surface area contributed by atoms with Crippen LogP contribution in [-0.2, 0) is 10.0 Å². The minimum absolute atomic E-state index is 0.0752. The van der Waals surface area contributed by atoms with E-state index in [-0.39, 0.29) is 22.5 Å². The van der Waals surface area contributed by atoms with Crippen molar-refractivity contribution in [3.63, 3.8) is 0 Å². The van der Waals surface area contributed by atoms with Gasteiger partial charge in [0.2, 0.25) is 10.0 Å². The van der Waals surface area contributed by atoms with Crippen molar-refractivity contribution < 1.29 is 8.42 Å². The van der Waals surface area contributed by atoms with Gasteiger partial charge in [0.25, 0.3) is 0 Å². The Kier molecular flexibility index (Phi) is 6.06. The lowest BCUT2D eigenvalue weighted by molar-refractivity contribution is 0.299. The SMILES string of the molecule is CN(C)[C@@H](CNS(=O)(=O)c1ccc(Cl)c(Cl)c1)c1ccccc1. The summed E-state index contributed by atoms with van der Waals surface area (Å²) >= 11 is 11.7. The molecule has 0 heterocycles. The van der Waals surface area contributed by atoms with Gasteiger partial charge in [0.15, 0.2) is 0 Å². The first-order valence-corrected chi connectivity index (χ1v) is 9.21. The number of nitrogens with one attached hydrogen (secondary N) is 1. The fourth-order valence-corrected chi connectivity index (χ4v) is 3.62. The lowest BCUT2D eigenvalue weighted by atomic mass is 10.1. The smallest absolute Gasteiger partial charge is 0.240 e. The van der Waals surface area contributed by atoms with Gasteiger partial charge in [-0.15, -0.1) is 0 Å². The van der Waals surface area contributed by atoms with Crippen molar-refractivity contribution in [3.8, 4) is 0 Å². The van der Waals surface area contributed by atoms with Crippen molar-refractivity contribution in [3.05, 3.63) is 64.1 Å². The topological polar surface area (TPSA) is 49.4 Å². The summed E-state index contributed by atoms with van der Waals surface area (Å²) in [4.78, 5) is 2.06. The minimum Gasteiger partial charge on any atom is -0.301 e. The number of benzene rings is 2. The van der Waals surface area contributed by atoms with Crippen LogP contribution in [0, 0.1) is 0 Å². The van der Waals surface area contributed by atoms with Gasteiger partial charge in [-0.3, -0.25) is 0 Å². The van der Waals surface area contributed by atoms with Crippen molar-refractivity contribution in [2.45, 2.75) is 10.9 Å². The highest BCUT2D eigenvalue weighted by Crippen LogP contribution is 2.25. The summed E-state index contributed by atoms with van der Waals surface area (Å²) in [6.07, 6.45) is 0. The number of likely N-dealkylation sites (N-methyl/N-ethyl adjacent to an activating group) is 1. The Morgan fingerprint density at radius 1 is 1.04 bits per heavy atom. The molecule has 2 aromatic rings. The second-order valence-electron chi connectivity index (χ2n) is 5.32. The highest BCUT2D eigenvalue weighted by atomic mass is 35.5. The van der Waals surface area contributed by atoms with Crippen molar-refractivity contribution in [2.24, 2.45) is 0 Å². The first-order chi connectivity index (χ1) is 10.8. The van der Waals surface area contributed by atoms with Gasteiger partial charge in [-0.05, 0) is 37.9 Å². The molecule has 7 heteroatoms. The molecule has 2 rings (SSSR count). The number of rotatable bonds is 6. The van der Waals surface area contributed by atoms with E-state index in [1.54, 1.807) is 0 Å². The van der Waals surface area contributed by atoms with Crippen LogP contribution in [0.5, 0.6) is 0 Å². The fraction of sp³-hybridized carbons (Fsp3) is 0.250. The predicted octanol–water partition coefficient (Wildman–Crippen LogP) is 3.57. The molecule has 0 amide bonds. The highest BCUT2D eigenvalue weighted by molar-refractivity contribution is 7.89. The third-order valence-electron chi connectivity index (χ3n) is 3.48. The molecular formula is C16H18Cl2N2O2S. The van der Waals surface area contributed by atoms with Crippen molar-refractivity contribution in [1.29, 1.82) is 0 Å². The molecule has 0 aliphatic carbocycles. The summed E-state index contributed by atoms with van der Waals surface area (Å²) in [7, 11) is 0.160. The van der Waals surface area contributed by atoms with Gasteiger partial charge >= 0.3 is 0 Å². The van der Waals surface area contributed by atoms with Crippen LogP contribution < -0.4 is 4.72 Å². The molecule has 4 nitrogen and oxygen atoms in total. The Balaban J connectivity index is 2.18. The molecule has 0 unspecified atom stereocenters. The van der Waals surface area contributed by atoms with E-state index in [9.17, 15) is 8.42 Å². The average molecular weight is 373 g/mol. The number of hydrogen-bond donors (Lipinski definition) is 1. The summed E-state index contributed by atoms with van der Waals surface area (Å²) in [6, 6.07) is 13.9. The van der Waals surface area contributed by atoms with E-state index in [1.165, 1.54) is 18.2 Å². The molecule has 2 aromatic carbocycles. The predicted molar refractivity (Wildman–Crippen MR) is 94.5 cm³/mol. The molecule has 23 heavy (non-hydrogen) atoms. The Morgan fingerprint density at radius 3 is 2.26 bits per heavy atom. The van der Waals surface area contributed by atoms with Gasteiger partial charge in [0.05, 0.1) is 14.9 Å². The lowest BCUT2D eigenvalue weighted by Crippen LogP contribution is -2.34. The van der Waals surface area contributed by atoms with Gasteiger partial charge in [-0.1, -0.05) is 53.5 Å². The van der Waals surface area contributed by atoms with E-state index in [4.69, 9.17) is 23.2 Å². The summed E-state index contributed by atoms with van der Waals surface area (Å²) in [6.45, 7) is 0.250. The maximum Gasteiger partial charge on any atom is 0.240 e. The quantitative estimate of drug-likeness (QED) is 0.842. The molecule has 124 valence electrons. The van der Waals surface area contributed by atoms with Crippen LogP contribution in [0.1, 0.15) is 11.6 Å². The van der Waals surface area contributed by atoms with E-state index in [0.717, 1.165) is 5.56 Å². The molecule has 0 bridgehead atoms. The standard InChI is InChI=1S/C16H18Cl2N2O2S/c1-20(2)16(12-6-4-3-5-7-12)11-19-23(21,22)13-8-9-14(17)15(18)10-13/h3-10,16,19H,11H2,1-2H3/t16-/m0/s1. The molecule has 0 saturated heterocycles. The zero-order valence-electron chi connectivity index (χ0n) is 12.8. The largest absolute Gasteiger partial charge is 0.301 e. The van der Waals surface area contributed by atoms with E-state index < -0.39 is 10.0 Å². The molecule has 1 N–H and O–H groups in total. The second kappa shape index (κ2) is 7.64. The summed E-state index contributed by atoms with van der Waals surface area (Å²) in [5.41, 5.74) is 1.04. The van der Waals surface area contributed by atoms with Gasteiger partial charge in [0.1, 0.15) is 0 Å². The Morgan fingerprint density at radius 2 is 1.70 bits per heavy atom. The highest BCUT2D eigenvalue weighted by Gasteiger charge is 2.20. The molecule has 0 radical (unpaired) electrons. The van der Waals surface area contributed by atoms with Crippen molar-refractivity contribution in [1.82, 2.24) is 9.62 Å². The van der Waals surface area contributed by atoms with Gasteiger partial charge in [-0.25, -0.2) is 13.1 Å². The average Bonchev–Trinajstić information content (AvgIpc) is 2.50. The normalized spacial score (nSPS) is 13.3. The van der Waals surface area contributed by atoms with E-state index in [0.29, 0.717) is 5.02 Å².